The Morgan fingerprint density at radius 1 is 1.00 bits per heavy atom. The number of carbonyl (C=O) groups is 2. The summed E-state index contributed by atoms with van der Waals surface area (Å²) in [4.78, 5) is 28.7. The number of carbonyl (C=O) groups excluding carboxylic acids is 2. The van der Waals surface area contributed by atoms with Crippen LogP contribution in [0.2, 0.25) is 0 Å². The first-order valence-corrected chi connectivity index (χ1v) is 11.8. The Morgan fingerprint density at radius 3 is 2.13 bits per heavy atom. The highest BCUT2D eigenvalue weighted by molar-refractivity contribution is 7.90. The van der Waals surface area contributed by atoms with Gasteiger partial charge in [-0.1, -0.05) is 30.3 Å². The van der Waals surface area contributed by atoms with Gasteiger partial charge in [0.1, 0.15) is 0 Å². The Bertz CT molecular complexity index is 1040. The van der Waals surface area contributed by atoms with Crippen molar-refractivity contribution in [2.24, 2.45) is 0 Å². The maximum Gasteiger partial charge on any atom is 0.227 e. The zero-order chi connectivity index (χ0) is 23.0. The monoisotopic (exact) mass is 441 g/mol. The van der Waals surface area contributed by atoms with Crippen molar-refractivity contribution >= 4 is 27.3 Å². The molecule has 2 aromatic rings. The fourth-order valence-corrected chi connectivity index (χ4v) is 3.76. The molecule has 0 spiro atoms. The second-order valence-electron chi connectivity index (χ2n) is 7.31. The van der Waals surface area contributed by atoms with Crippen molar-refractivity contribution in [2.45, 2.75) is 37.1 Å². The summed E-state index contributed by atoms with van der Waals surface area (Å²) in [5, 5.41) is 8.88. The van der Waals surface area contributed by atoms with Crippen LogP contribution in [0.5, 0.6) is 0 Å². The summed E-state index contributed by atoms with van der Waals surface area (Å²) >= 11 is 0. The van der Waals surface area contributed by atoms with Gasteiger partial charge in [-0.3, -0.25) is 9.59 Å². The van der Waals surface area contributed by atoms with E-state index < -0.39 is 9.84 Å². The normalized spacial score (nSPS) is 11.9. The van der Waals surface area contributed by atoms with Crippen LogP contribution in [0, 0.1) is 11.3 Å². The molecule has 0 aromatic heterocycles. The maximum absolute atomic E-state index is 12.7. The van der Waals surface area contributed by atoms with Crippen molar-refractivity contribution in [3.05, 3.63) is 60.2 Å². The number of amides is 2. The van der Waals surface area contributed by atoms with Gasteiger partial charge < -0.3 is 9.80 Å². The Kier molecular flexibility index (Phi) is 8.34. The van der Waals surface area contributed by atoms with Gasteiger partial charge in [-0.15, -0.1) is 0 Å². The summed E-state index contributed by atoms with van der Waals surface area (Å²) in [6, 6.07) is 17.3. The average molecular weight is 442 g/mol. The first-order chi connectivity index (χ1) is 14.6. The van der Waals surface area contributed by atoms with Crippen LogP contribution in [0.15, 0.2) is 59.5 Å². The van der Waals surface area contributed by atoms with E-state index in [-0.39, 0.29) is 48.6 Å². The molecule has 2 aromatic carbocycles. The van der Waals surface area contributed by atoms with Gasteiger partial charge in [0.2, 0.25) is 11.8 Å². The first kappa shape index (κ1) is 24.1. The van der Waals surface area contributed by atoms with E-state index in [0.29, 0.717) is 5.69 Å². The molecule has 0 aliphatic heterocycles. The SMILES string of the molecule is CC(c1ccc(S(C)(=O)=O)cc1)N(C)C(=O)CCC(=O)N(CCC#N)c1ccccc1. The van der Waals surface area contributed by atoms with Gasteiger partial charge >= 0.3 is 0 Å². The summed E-state index contributed by atoms with van der Waals surface area (Å²) in [7, 11) is -1.62. The van der Waals surface area contributed by atoms with Crippen LogP contribution in [0.1, 0.15) is 37.8 Å². The van der Waals surface area contributed by atoms with E-state index in [1.165, 1.54) is 17.0 Å². The number of rotatable bonds is 9. The number of hydrogen-bond acceptors (Lipinski definition) is 5. The number of hydrogen-bond donors (Lipinski definition) is 0. The molecule has 8 heteroatoms. The number of para-hydroxylation sites is 1. The zero-order valence-corrected chi connectivity index (χ0v) is 18.8. The third-order valence-corrected chi connectivity index (χ3v) is 6.26. The van der Waals surface area contributed by atoms with Crippen LogP contribution in [0.4, 0.5) is 5.69 Å². The van der Waals surface area contributed by atoms with Crippen molar-refractivity contribution in [1.29, 1.82) is 5.26 Å². The minimum atomic E-state index is -3.28. The van der Waals surface area contributed by atoms with Gasteiger partial charge in [0, 0.05) is 38.4 Å². The van der Waals surface area contributed by atoms with Gasteiger partial charge in [0.25, 0.3) is 0 Å². The van der Waals surface area contributed by atoms with Gasteiger partial charge in [-0.25, -0.2) is 8.42 Å². The lowest BCUT2D eigenvalue weighted by Crippen LogP contribution is -2.34. The van der Waals surface area contributed by atoms with Gasteiger partial charge in [0.05, 0.1) is 23.4 Å². The maximum atomic E-state index is 12.7. The molecule has 0 aliphatic carbocycles. The van der Waals surface area contributed by atoms with Crippen molar-refractivity contribution in [3.8, 4) is 6.07 Å². The molecule has 0 N–H and O–H groups in total. The van der Waals surface area contributed by atoms with Gasteiger partial charge in [-0.2, -0.15) is 5.26 Å². The highest BCUT2D eigenvalue weighted by Crippen LogP contribution is 2.22. The molecule has 31 heavy (non-hydrogen) atoms. The van der Waals surface area contributed by atoms with E-state index in [9.17, 15) is 18.0 Å². The second kappa shape index (κ2) is 10.7. The number of nitriles is 1. The topological polar surface area (TPSA) is 98.6 Å². The molecular formula is C23H27N3O4S. The zero-order valence-electron chi connectivity index (χ0n) is 18.0. The van der Waals surface area contributed by atoms with Crippen molar-refractivity contribution in [2.75, 3.05) is 24.7 Å². The lowest BCUT2D eigenvalue weighted by Gasteiger charge is -2.26. The smallest absolute Gasteiger partial charge is 0.227 e. The molecule has 1 atom stereocenters. The van der Waals surface area contributed by atoms with E-state index >= 15 is 0 Å². The summed E-state index contributed by atoms with van der Waals surface area (Å²) < 4.78 is 23.2. The summed E-state index contributed by atoms with van der Waals surface area (Å²) in [5.74, 6) is -0.408. The molecule has 0 aliphatic rings. The van der Waals surface area contributed by atoms with E-state index in [1.807, 2.05) is 31.2 Å². The van der Waals surface area contributed by atoms with E-state index in [2.05, 4.69) is 0 Å². The third kappa shape index (κ3) is 6.66. The third-order valence-electron chi connectivity index (χ3n) is 5.13. The lowest BCUT2D eigenvalue weighted by molar-refractivity contribution is -0.133. The number of sulfone groups is 1. The number of nitrogens with zero attached hydrogens (tertiary/aromatic N) is 3. The molecule has 2 rings (SSSR count). The van der Waals surface area contributed by atoms with E-state index in [1.54, 1.807) is 36.2 Å². The Balaban J connectivity index is 2.01. The average Bonchev–Trinajstić information content (AvgIpc) is 2.77. The molecule has 7 nitrogen and oxygen atoms in total. The van der Waals surface area contributed by atoms with E-state index in [0.717, 1.165) is 11.8 Å². The first-order valence-electron chi connectivity index (χ1n) is 9.93. The van der Waals surface area contributed by atoms with Crippen LogP contribution < -0.4 is 4.90 Å². The highest BCUT2D eigenvalue weighted by atomic mass is 32.2. The molecule has 0 heterocycles. The van der Waals surface area contributed by atoms with Gasteiger partial charge in [-0.05, 0) is 36.8 Å². The fourth-order valence-electron chi connectivity index (χ4n) is 3.13. The van der Waals surface area contributed by atoms with Crippen LogP contribution in [-0.4, -0.2) is 45.0 Å². The Labute approximate surface area is 183 Å². The Hall–Kier alpha value is -3.18. The lowest BCUT2D eigenvalue weighted by atomic mass is 10.1. The van der Waals surface area contributed by atoms with Crippen molar-refractivity contribution < 1.29 is 18.0 Å². The fraction of sp³-hybridized carbons (Fsp3) is 0.348. The largest absolute Gasteiger partial charge is 0.339 e. The predicted molar refractivity (Wildman–Crippen MR) is 119 cm³/mol. The van der Waals surface area contributed by atoms with Gasteiger partial charge in [0.15, 0.2) is 9.84 Å². The molecule has 0 fully saturated rings. The molecule has 1 unspecified atom stereocenters. The predicted octanol–water partition coefficient (Wildman–Crippen LogP) is 3.34. The highest BCUT2D eigenvalue weighted by Gasteiger charge is 2.21. The summed E-state index contributed by atoms with van der Waals surface area (Å²) in [6.07, 6.45) is 1.42. The van der Waals surface area contributed by atoms with Crippen LogP contribution >= 0.6 is 0 Å². The number of benzene rings is 2. The molecule has 0 bridgehead atoms. The molecule has 0 saturated heterocycles. The van der Waals surface area contributed by atoms with Crippen LogP contribution in [0.25, 0.3) is 0 Å². The molecule has 2 amide bonds. The Morgan fingerprint density at radius 2 is 1.58 bits per heavy atom. The van der Waals surface area contributed by atoms with E-state index in [4.69, 9.17) is 5.26 Å². The number of anilines is 1. The van der Waals surface area contributed by atoms with Crippen molar-refractivity contribution in [1.82, 2.24) is 4.90 Å². The minimum Gasteiger partial charge on any atom is -0.339 e. The van der Waals surface area contributed by atoms with Crippen LogP contribution in [0.3, 0.4) is 0 Å². The summed E-state index contributed by atoms with van der Waals surface area (Å²) in [6.45, 7) is 2.12. The molecular weight excluding hydrogens is 414 g/mol. The molecule has 0 radical (unpaired) electrons. The summed E-state index contributed by atoms with van der Waals surface area (Å²) in [5.41, 5.74) is 1.50. The van der Waals surface area contributed by atoms with Crippen LogP contribution in [-0.2, 0) is 19.4 Å². The van der Waals surface area contributed by atoms with Crippen molar-refractivity contribution in [3.63, 3.8) is 0 Å². The minimum absolute atomic E-state index is 0.0310. The standard InChI is InChI=1S/C23H27N3O4S/c1-18(19-10-12-21(13-11-19)31(3,29)30)25(2)22(27)14-15-23(28)26(17-7-16-24)20-8-5-4-6-9-20/h4-6,8-13,18H,7,14-15,17H2,1-3H3. The second-order valence-corrected chi connectivity index (χ2v) is 9.33. The molecule has 0 saturated carbocycles. The quantitative estimate of drug-likeness (QED) is 0.594. The molecule has 164 valence electrons.